The number of hydrogen-bond donors (Lipinski definition) is 3. The minimum atomic E-state index is -0.260. The number of nitrogens with one attached hydrogen (secondary N) is 1. The van der Waals surface area contributed by atoms with E-state index in [1.165, 1.54) is 12.1 Å². The van der Waals surface area contributed by atoms with Gasteiger partial charge in [-0.25, -0.2) is 4.39 Å². The maximum Gasteiger partial charge on any atom is 0.139 e. The first kappa shape index (κ1) is 12.3. The molecule has 0 radical (unpaired) electrons. The zero-order valence-corrected chi connectivity index (χ0v) is 9.20. The van der Waals surface area contributed by atoms with E-state index in [-0.39, 0.29) is 11.7 Å². The Morgan fingerprint density at radius 3 is 3.00 bits per heavy atom. The summed E-state index contributed by atoms with van der Waals surface area (Å²) in [5, 5.41) is 14.3. The molecule has 0 amide bonds. The van der Waals surface area contributed by atoms with E-state index >= 15 is 0 Å². The lowest BCUT2D eigenvalue weighted by molar-refractivity contribution is 0.316. The summed E-state index contributed by atoms with van der Waals surface area (Å²) in [5.41, 5.74) is 7.09. The molecule has 0 aliphatic rings. The van der Waals surface area contributed by atoms with Gasteiger partial charge >= 0.3 is 0 Å². The maximum absolute atomic E-state index is 12.9. The number of anilines is 1. The Morgan fingerprint density at radius 2 is 2.31 bits per heavy atom. The topological polar surface area (TPSA) is 70.6 Å². The van der Waals surface area contributed by atoms with Crippen molar-refractivity contribution in [3.8, 4) is 0 Å². The highest BCUT2D eigenvalue weighted by Gasteiger charge is 1.99. The average molecular weight is 225 g/mol. The van der Waals surface area contributed by atoms with Crippen molar-refractivity contribution >= 4 is 11.5 Å². The Morgan fingerprint density at radius 1 is 1.56 bits per heavy atom. The second-order valence-electron chi connectivity index (χ2n) is 3.58. The van der Waals surface area contributed by atoms with Crippen LogP contribution >= 0.6 is 0 Å². The molecule has 0 spiro atoms. The fourth-order valence-electron chi connectivity index (χ4n) is 1.33. The van der Waals surface area contributed by atoms with Crippen molar-refractivity contribution in [2.75, 3.05) is 11.9 Å². The molecule has 0 aromatic heterocycles. The molecule has 5 heteroatoms. The van der Waals surface area contributed by atoms with Crippen molar-refractivity contribution in [2.24, 2.45) is 10.9 Å². The van der Waals surface area contributed by atoms with E-state index in [2.05, 4.69) is 10.5 Å². The maximum atomic E-state index is 12.9. The third-order valence-corrected chi connectivity index (χ3v) is 2.25. The molecule has 1 aromatic carbocycles. The summed E-state index contributed by atoms with van der Waals surface area (Å²) in [6.45, 7) is 2.56. The van der Waals surface area contributed by atoms with Crippen LogP contribution in [-0.4, -0.2) is 17.6 Å². The van der Waals surface area contributed by atoms with Gasteiger partial charge in [-0.2, -0.15) is 0 Å². The SMILES string of the molecule is Cc1ccc(F)cc1NCCCC(N)=NO. The first-order valence-electron chi connectivity index (χ1n) is 5.10. The molecule has 0 aliphatic heterocycles. The summed E-state index contributed by atoms with van der Waals surface area (Å²) >= 11 is 0. The van der Waals surface area contributed by atoms with Gasteiger partial charge in [-0.3, -0.25) is 0 Å². The molecule has 0 unspecified atom stereocenters. The Balaban J connectivity index is 2.40. The third-order valence-electron chi connectivity index (χ3n) is 2.25. The first-order valence-corrected chi connectivity index (χ1v) is 5.10. The van der Waals surface area contributed by atoms with Crippen molar-refractivity contribution < 1.29 is 9.60 Å². The lowest BCUT2D eigenvalue weighted by Gasteiger charge is -2.09. The van der Waals surface area contributed by atoms with Crippen LogP contribution < -0.4 is 11.1 Å². The number of nitrogens with two attached hydrogens (primary N) is 1. The number of amidine groups is 1. The molecule has 4 N–H and O–H groups in total. The molecule has 1 aromatic rings. The van der Waals surface area contributed by atoms with Gasteiger partial charge in [-0.05, 0) is 31.0 Å². The highest BCUT2D eigenvalue weighted by molar-refractivity contribution is 5.79. The molecular formula is C11H16FN3O. The molecule has 0 heterocycles. The van der Waals surface area contributed by atoms with Crippen molar-refractivity contribution in [3.05, 3.63) is 29.6 Å². The minimum absolute atomic E-state index is 0.206. The number of benzene rings is 1. The largest absolute Gasteiger partial charge is 0.409 e. The highest BCUT2D eigenvalue weighted by atomic mass is 19.1. The summed E-state index contributed by atoms with van der Waals surface area (Å²) in [4.78, 5) is 0. The van der Waals surface area contributed by atoms with Crippen molar-refractivity contribution in [1.29, 1.82) is 0 Å². The van der Waals surface area contributed by atoms with Gasteiger partial charge < -0.3 is 16.3 Å². The normalized spacial score (nSPS) is 11.5. The van der Waals surface area contributed by atoms with Gasteiger partial charge in [-0.15, -0.1) is 0 Å². The number of oxime groups is 1. The molecular weight excluding hydrogens is 209 g/mol. The van der Waals surface area contributed by atoms with Gasteiger partial charge in [-0.1, -0.05) is 11.2 Å². The van der Waals surface area contributed by atoms with Gasteiger partial charge in [0.2, 0.25) is 0 Å². The van der Waals surface area contributed by atoms with E-state index in [1.807, 2.05) is 6.92 Å². The molecule has 0 saturated carbocycles. The molecule has 0 fully saturated rings. The third kappa shape index (κ3) is 3.76. The van der Waals surface area contributed by atoms with Crippen molar-refractivity contribution in [3.63, 3.8) is 0 Å². The number of nitrogens with zero attached hydrogens (tertiary/aromatic N) is 1. The van der Waals surface area contributed by atoms with Crippen LogP contribution in [-0.2, 0) is 0 Å². The second-order valence-corrected chi connectivity index (χ2v) is 3.58. The summed E-state index contributed by atoms with van der Waals surface area (Å²) in [5.74, 6) is -0.0534. The van der Waals surface area contributed by atoms with Crippen LogP contribution in [0.15, 0.2) is 23.4 Å². The molecule has 0 atom stereocenters. The number of rotatable bonds is 5. The van der Waals surface area contributed by atoms with Crippen LogP contribution in [0.5, 0.6) is 0 Å². The average Bonchev–Trinajstić information content (AvgIpc) is 2.28. The lowest BCUT2D eigenvalue weighted by Crippen LogP contribution is -2.13. The van der Waals surface area contributed by atoms with Gasteiger partial charge in [0.05, 0.1) is 0 Å². The fourth-order valence-corrected chi connectivity index (χ4v) is 1.33. The molecule has 0 saturated heterocycles. The predicted molar refractivity (Wildman–Crippen MR) is 62.3 cm³/mol. The Hall–Kier alpha value is -1.78. The summed E-state index contributed by atoms with van der Waals surface area (Å²) in [6.07, 6.45) is 1.24. The summed E-state index contributed by atoms with van der Waals surface area (Å²) in [7, 11) is 0. The molecule has 88 valence electrons. The molecule has 4 nitrogen and oxygen atoms in total. The first-order chi connectivity index (χ1) is 7.63. The standard InChI is InChI=1S/C11H16FN3O/c1-8-4-5-9(12)7-10(8)14-6-2-3-11(13)15-16/h4-5,7,14,16H,2-3,6H2,1H3,(H2,13,15). The van der Waals surface area contributed by atoms with Crippen molar-refractivity contribution in [1.82, 2.24) is 0 Å². The second kappa shape index (κ2) is 5.95. The van der Waals surface area contributed by atoms with E-state index < -0.39 is 0 Å². The van der Waals surface area contributed by atoms with E-state index in [0.717, 1.165) is 17.7 Å². The number of aryl methyl sites for hydroxylation is 1. The Bertz CT molecular complexity index is 379. The van der Waals surface area contributed by atoms with Gasteiger partial charge in [0.1, 0.15) is 11.7 Å². The smallest absolute Gasteiger partial charge is 0.139 e. The van der Waals surface area contributed by atoms with Crippen LogP contribution in [0.4, 0.5) is 10.1 Å². The van der Waals surface area contributed by atoms with Gasteiger partial charge in [0.15, 0.2) is 0 Å². The monoisotopic (exact) mass is 225 g/mol. The van der Waals surface area contributed by atoms with Crippen LogP contribution in [0.1, 0.15) is 18.4 Å². The summed E-state index contributed by atoms with van der Waals surface area (Å²) in [6, 6.07) is 4.61. The molecule has 16 heavy (non-hydrogen) atoms. The highest BCUT2D eigenvalue weighted by Crippen LogP contribution is 2.15. The number of halogens is 1. The van der Waals surface area contributed by atoms with Crippen LogP contribution in [0.25, 0.3) is 0 Å². The van der Waals surface area contributed by atoms with E-state index in [9.17, 15) is 4.39 Å². The zero-order chi connectivity index (χ0) is 12.0. The zero-order valence-electron chi connectivity index (χ0n) is 9.20. The van der Waals surface area contributed by atoms with E-state index in [1.54, 1.807) is 6.07 Å². The molecule has 0 bridgehead atoms. The van der Waals surface area contributed by atoms with Gasteiger partial charge in [0.25, 0.3) is 0 Å². The number of hydrogen-bond acceptors (Lipinski definition) is 3. The minimum Gasteiger partial charge on any atom is -0.409 e. The quantitative estimate of drug-likeness (QED) is 0.236. The van der Waals surface area contributed by atoms with E-state index in [4.69, 9.17) is 10.9 Å². The van der Waals surface area contributed by atoms with Crippen LogP contribution in [0.2, 0.25) is 0 Å². The van der Waals surface area contributed by atoms with Gasteiger partial charge in [0, 0.05) is 18.7 Å². The van der Waals surface area contributed by atoms with Crippen LogP contribution in [0, 0.1) is 12.7 Å². The molecule has 1 rings (SSSR count). The van der Waals surface area contributed by atoms with Crippen LogP contribution in [0.3, 0.4) is 0 Å². The lowest BCUT2D eigenvalue weighted by atomic mass is 10.2. The van der Waals surface area contributed by atoms with Crippen molar-refractivity contribution in [2.45, 2.75) is 19.8 Å². The molecule has 0 aliphatic carbocycles. The Labute approximate surface area is 94.0 Å². The predicted octanol–water partition coefficient (Wildman–Crippen LogP) is 2.07. The van der Waals surface area contributed by atoms with E-state index in [0.29, 0.717) is 13.0 Å². The fraction of sp³-hybridized carbons (Fsp3) is 0.364. The summed E-state index contributed by atoms with van der Waals surface area (Å²) < 4.78 is 12.9. The Kier molecular flexibility index (Phi) is 4.57.